The highest BCUT2D eigenvalue weighted by Gasteiger charge is 2.44. The van der Waals surface area contributed by atoms with E-state index in [0.29, 0.717) is 12.0 Å². The number of hydrogen-bond donors (Lipinski definition) is 1. The summed E-state index contributed by atoms with van der Waals surface area (Å²) in [6.07, 6.45) is 3.93. The van der Waals surface area contributed by atoms with Crippen LogP contribution in [0.1, 0.15) is 32.3 Å². The minimum Gasteiger partial charge on any atom is -0.381 e. The van der Waals surface area contributed by atoms with Gasteiger partial charge in [-0.1, -0.05) is 24.3 Å². The molecular weight excluding hydrogens is 362 g/mol. The largest absolute Gasteiger partial charge is 0.381 e. The van der Waals surface area contributed by atoms with Gasteiger partial charge in [-0.15, -0.1) is 5.10 Å². The first kappa shape index (κ1) is 18.2. The molecule has 0 aliphatic carbocycles. The van der Waals surface area contributed by atoms with E-state index in [4.69, 9.17) is 4.74 Å². The van der Waals surface area contributed by atoms with E-state index >= 15 is 0 Å². The third-order valence-electron chi connectivity index (χ3n) is 6.19. The third-order valence-corrected chi connectivity index (χ3v) is 6.19. The van der Waals surface area contributed by atoms with E-state index in [0.717, 1.165) is 44.0 Å². The standard InChI is InChI=1S/C23H27N5O/c1-17(2)27-15-23(10-12-29-13-11-23)20-9-8-18(14-21(20)27)25-22-24-16-28(26-22)19-6-4-3-5-7-19/h3-9,14,16-17H,10-13,15H2,1-2H3,(H,25,26). The summed E-state index contributed by atoms with van der Waals surface area (Å²) in [5.74, 6) is 0.601. The van der Waals surface area contributed by atoms with Crippen LogP contribution in [0.2, 0.25) is 0 Å². The second-order valence-corrected chi connectivity index (χ2v) is 8.32. The fraction of sp³-hybridized carbons (Fsp3) is 0.391. The molecule has 6 heteroatoms. The van der Waals surface area contributed by atoms with Crippen molar-refractivity contribution in [1.29, 1.82) is 0 Å². The summed E-state index contributed by atoms with van der Waals surface area (Å²) >= 11 is 0. The first-order chi connectivity index (χ1) is 14.1. The fourth-order valence-corrected chi connectivity index (χ4v) is 4.60. The van der Waals surface area contributed by atoms with Gasteiger partial charge in [0.15, 0.2) is 0 Å². The number of ether oxygens (including phenoxy) is 1. The van der Waals surface area contributed by atoms with Gasteiger partial charge in [0, 0.05) is 42.6 Å². The summed E-state index contributed by atoms with van der Waals surface area (Å²) in [4.78, 5) is 6.96. The van der Waals surface area contributed by atoms with Crippen molar-refractivity contribution in [3.05, 3.63) is 60.4 Å². The quantitative estimate of drug-likeness (QED) is 0.721. The van der Waals surface area contributed by atoms with E-state index in [-0.39, 0.29) is 5.41 Å². The van der Waals surface area contributed by atoms with Crippen LogP contribution in [0.5, 0.6) is 0 Å². The second kappa shape index (κ2) is 7.19. The summed E-state index contributed by atoms with van der Waals surface area (Å²) in [7, 11) is 0. The van der Waals surface area contributed by atoms with Gasteiger partial charge in [0.2, 0.25) is 5.95 Å². The van der Waals surface area contributed by atoms with Gasteiger partial charge in [-0.3, -0.25) is 0 Å². The molecule has 1 N–H and O–H groups in total. The molecule has 2 aliphatic heterocycles. The Bertz CT molecular complexity index is 992. The van der Waals surface area contributed by atoms with Crippen LogP contribution in [0.25, 0.3) is 5.69 Å². The molecule has 0 unspecified atom stereocenters. The van der Waals surface area contributed by atoms with E-state index in [9.17, 15) is 0 Å². The molecule has 1 fully saturated rings. The molecule has 1 spiro atoms. The van der Waals surface area contributed by atoms with Crippen molar-refractivity contribution in [2.75, 3.05) is 30.0 Å². The van der Waals surface area contributed by atoms with Gasteiger partial charge in [-0.25, -0.2) is 4.68 Å². The van der Waals surface area contributed by atoms with Crippen molar-refractivity contribution in [1.82, 2.24) is 14.8 Å². The summed E-state index contributed by atoms with van der Waals surface area (Å²) < 4.78 is 7.44. The molecule has 0 bridgehead atoms. The highest BCUT2D eigenvalue weighted by atomic mass is 16.5. The Morgan fingerprint density at radius 3 is 2.62 bits per heavy atom. The van der Waals surface area contributed by atoms with E-state index < -0.39 is 0 Å². The van der Waals surface area contributed by atoms with Crippen molar-refractivity contribution in [2.24, 2.45) is 0 Å². The summed E-state index contributed by atoms with van der Waals surface area (Å²) in [5.41, 5.74) is 5.03. The van der Waals surface area contributed by atoms with Gasteiger partial charge in [0.05, 0.1) is 5.69 Å². The van der Waals surface area contributed by atoms with Crippen molar-refractivity contribution in [3.8, 4) is 5.69 Å². The lowest BCUT2D eigenvalue weighted by atomic mass is 9.76. The number of benzene rings is 2. The van der Waals surface area contributed by atoms with Crippen LogP contribution >= 0.6 is 0 Å². The van der Waals surface area contributed by atoms with E-state index in [1.165, 1.54) is 11.3 Å². The highest BCUT2D eigenvalue weighted by Crippen LogP contribution is 2.48. The van der Waals surface area contributed by atoms with Crippen LogP contribution in [0, 0.1) is 0 Å². The van der Waals surface area contributed by atoms with Crippen LogP contribution in [0.3, 0.4) is 0 Å². The van der Waals surface area contributed by atoms with Gasteiger partial charge in [-0.2, -0.15) is 4.98 Å². The molecule has 29 heavy (non-hydrogen) atoms. The minimum absolute atomic E-state index is 0.226. The predicted octanol–water partition coefficient (Wildman–Crippen LogP) is 4.29. The number of fused-ring (bicyclic) bond motifs is 2. The monoisotopic (exact) mass is 389 g/mol. The molecular formula is C23H27N5O. The molecule has 2 aliphatic rings. The Morgan fingerprint density at radius 2 is 1.86 bits per heavy atom. The van der Waals surface area contributed by atoms with Gasteiger partial charge in [-0.05, 0) is 56.5 Å². The zero-order valence-corrected chi connectivity index (χ0v) is 17.0. The van der Waals surface area contributed by atoms with Gasteiger partial charge >= 0.3 is 0 Å². The minimum atomic E-state index is 0.226. The Hall–Kier alpha value is -2.86. The number of rotatable bonds is 4. The van der Waals surface area contributed by atoms with Gasteiger partial charge < -0.3 is 15.0 Å². The highest BCUT2D eigenvalue weighted by molar-refractivity contribution is 5.71. The molecule has 3 heterocycles. The molecule has 0 radical (unpaired) electrons. The van der Waals surface area contributed by atoms with Gasteiger partial charge in [0.1, 0.15) is 6.33 Å². The molecule has 0 saturated carbocycles. The summed E-state index contributed by atoms with van der Waals surface area (Å²) in [6, 6.07) is 17.2. The maximum absolute atomic E-state index is 5.66. The topological polar surface area (TPSA) is 55.2 Å². The molecule has 1 saturated heterocycles. The number of aromatic nitrogens is 3. The Labute approximate surface area is 171 Å². The van der Waals surface area contributed by atoms with Gasteiger partial charge in [0.25, 0.3) is 0 Å². The molecule has 3 aromatic rings. The lowest BCUT2D eigenvalue weighted by Gasteiger charge is -2.35. The fourth-order valence-electron chi connectivity index (χ4n) is 4.60. The van der Waals surface area contributed by atoms with Crippen LogP contribution < -0.4 is 10.2 Å². The third kappa shape index (κ3) is 3.27. The number of nitrogens with one attached hydrogen (secondary N) is 1. The number of para-hydroxylation sites is 1. The molecule has 6 nitrogen and oxygen atoms in total. The predicted molar refractivity (Wildman–Crippen MR) is 115 cm³/mol. The van der Waals surface area contributed by atoms with Crippen LogP contribution in [-0.2, 0) is 10.2 Å². The smallest absolute Gasteiger partial charge is 0.246 e. The average Bonchev–Trinajstić information content (AvgIpc) is 3.33. The van der Waals surface area contributed by atoms with Crippen molar-refractivity contribution in [2.45, 2.75) is 38.1 Å². The molecule has 0 amide bonds. The maximum Gasteiger partial charge on any atom is 0.246 e. The van der Waals surface area contributed by atoms with E-state index in [1.54, 1.807) is 11.0 Å². The molecule has 150 valence electrons. The molecule has 5 rings (SSSR count). The maximum atomic E-state index is 5.66. The molecule has 2 aromatic carbocycles. The Balaban J connectivity index is 1.43. The summed E-state index contributed by atoms with van der Waals surface area (Å²) in [6.45, 7) is 7.32. The van der Waals surface area contributed by atoms with Crippen LogP contribution in [0.15, 0.2) is 54.9 Å². The average molecular weight is 390 g/mol. The zero-order valence-electron chi connectivity index (χ0n) is 17.0. The lowest BCUT2D eigenvalue weighted by Crippen LogP contribution is -2.40. The molecule has 1 aromatic heterocycles. The normalized spacial score (nSPS) is 17.7. The van der Waals surface area contributed by atoms with E-state index in [2.05, 4.69) is 52.3 Å². The number of nitrogens with zero attached hydrogens (tertiary/aromatic N) is 4. The molecule has 0 atom stereocenters. The first-order valence-corrected chi connectivity index (χ1v) is 10.4. The van der Waals surface area contributed by atoms with Crippen molar-refractivity contribution >= 4 is 17.3 Å². The van der Waals surface area contributed by atoms with E-state index in [1.807, 2.05) is 30.3 Å². The van der Waals surface area contributed by atoms with Crippen molar-refractivity contribution < 1.29 is 4.74 Å². The number of hydrogen-bond acceptors (Lipinski definition) is 5. The van der Waals surface area contributed by atoms with Crippen LogP contribution in [-0.4, -0.2) is 40.6 Å². The SMILES string of the molecule is CC(C)N1CC2(CCOCC2)c2ccc(Nc3ncn(-c4ccccc4)n3)cc21. The first-order valence-electron chi connectivity index (χ1n) is 10.4. The Kier molecular flexibility index (Phi) is 4.51. The second-order valence-electron chi connectivity index (χ2n) is 8.32. The summed E-state index contributed by atoms with van der Waals surface area (Å²) in [5, 5.41) is 7.95. The van der Waals surface area contributed by atoms with Crippen LogP contribution in [0.4, 0.5) is 17.3 Å². The Morgan fingerprint density at radius 1 is 1.07 bits per heavy atom. The lowest BCUT2D eigenvalue weighted by molar-refractivity contribution is 0.0551. The van der Waals surface area contributed by atoms with Crippen molar-refractivity contribution in [3.63, 3.8) is 0 Å². The number of anilines is 3. The zero-order chi connectivity index (χ0) is 19.8.